The third kappa shape index (κ3) is 5.80. The van der Waals surface area contributed by atoms with Gasteiger partial charge in [-0.25, -0.2) is 0 Å². The number of nitrogens with zero attached hydrogens (tertiary/aromatic N) is 1. The Morgan fingerprint density at radius 2 is 2.00 bits per heavy atom. The van der Waals surface area contributed by atoms with Crippen LogP contribution in [0.25, 0.3) is 0 Å². The summed E-state index contributed by atoms with van der Waals surface area (Å²) in [6, 6.07) is 0. The van der Waals surface area contributed by atoms with Gasteiger partial charge in [0.2, 0.25) is 0 Å². The molecule has 2 heteroatoms. The van der Waals surface area contributed by atoms with Gasteiger partial charge < -0.3 is 10.2 Å². The van der Waals surface area contributed by atoms with E-state index in [4.69, 9.17) is 0 Å². The van der Waals surface area contributed by atoms with E-state index in [9.17, 15) is 0 Å². The van der Waals surface area contributed by atoms with Crippen LogP contribution in [-0.4, -0.2) is 38.6 Å². The van der Waals surface area contributed by atoms with Crippen LogP contribution in [0, 0.1) is 0 Å². The molecule has 0 bridgehead atoms. The van der Waals surface area contributed by atoms with Crippen LogP contribution in [0.2, 0.25) is 0 Å². The molecule has 0 spiro atoms. The van der Waals surface area contributed by atoms with Crippen molar-refractivity contribution in [2.24, 2.45) is 0 Å². The van der Waals surface area contributed by atoms with Gasteiger partial charge in [-0.1, -0.05) is 6.92 Å². The summed E-state index contributed by atoms with van der Waals surface area (Å²) in [5.41, 5.74) is 0. The van der Waals surface area contributed by atoms with E-state index in [2.05, 4.69) is 24.2 Å². The number of hydrogen-bond acceptors (Lipinski definition) is 2. The normalized spacial score (nSPS) is 10.7. The Morgan fingerprint density at radius 1 is 1.33 bits per heavy atom. The first-order valence-electron chi connectivity index (χ1n) is 3.64. The van der Waals surface area contributed by atoms with Crippen LogP contribution in [0.5, 0.6) is 0 Å². The van der Waals surface area contributed by atoms with Gasteiger partial charge in [-0.2, -0.15) is 0 Å². The lowest BCUT2D eigenvalue weighted by atomic mass is 10.4. The first kappa shape index (κ1) is 8.92. The standard InChI is InChI=1S/C7H18N2/c1-4-6-9(3)7-5-8-2/h8H,4-7H2,1-3H3. The monoisotopic (exact) mass is 130 g/mol. The molecule has 0 unspecified atom stereocenters. The minimum Gasteiger partial charge on any atom is -0.318 e. The fraction of sp³-hybridized carbons (Fsp3) is 1.00. The van der Waals surface area contributed by atoms with Crippen LogP contribution >= 0.6 is 0 Å². The second-order valence-corrected chi connectivity index (χ2v) is 2.41. The van der Waals surface area contributed by atoms with Crippen molar-refractivity contribution in [1.82, 2.24) is 10.2 Å². The molecule has 56 valence electrons. The fourth-order valence-corrected chi connectivity index (χ4v) is 0.796. The highest BCUT2D eigenvalue weighted by Crippen LogP contribution is 1.82. The SMILES string of the molecule is CCCN(C)CCNC. The van der Waals surface area contributed by atoms with Crippen LogP contribution in [0.1, 0.15) is 13.3 Å². The van der Waals surface area contributed by atoms with E-state index in [1.165, 1.54) is 13.0 Å². The zero-order valence-electron chi connectivity index (χ0n) is 6.78. The molecule has 0 amide bonds. The molecule has 0 heterocycles. The molecule has 0 saturated carbocycles. The Labute approximate surface area is 58.2 Å². The van der Waals surface area contributed by atoms with Gasteiger partial charge in [-0.15, -0.1) is 0 Å². The van der Waals surface area contributed by atoms with E-state index in [0.29, 0.717) is 0 Å². The molecule has 0 radical (unpaired) electrons. The van der Waals surface area contributed by atoms with Gasteiger partial charge in [-0.05, 0) is 27.1 Å². The summed E-state index contributed by atoms with van der Waals surface area (Å²) in [6.07, 6.45) is 1.25. The Hall–Kier alpha value is -0.0800. The third-order valence-electron chi connectivity index (χ3n) is 1.35. The molecular weight excluding hydrogens is 112 g/mol. The molecule has 0 aliphatic rings. The average Bonchev–Trinajstić information content (AvgIpc) is 1.85. The first-order valence-corrected chi connectivity index (χ1v) is 3.64. The summed E-state index contributed by atoms with van der Waals surface area (Å²) >= 11 is 0. The second-order valence-electron chi connectivity index (χ2n) is 2.41. The van der Waals surface area contributed by atoms with Gasteiger partial charge in [0.25, 0.3) is 0 Å². The maximum atomic E-state index is 3.12. The Kier molecular flexibility index (Phi) is 5.99. The smallest absolute Gasteiger partial charge is 0.0104 e. The first-order chi connectivity index (χ1) is 4.31. The Bertz CT molecular complexity index is 54.9. The van der Waals surface area contributed by atoms with Gasteiger partial charge in [0.1, 0.15) is 0 Å². The zero-order chi connectivity index (χ0) is 7.11. The lowest BCUT2D eigenvalue weighted by Crippen LogP contribution is -2.27. The summed E-state index contributed by atoms with van der Waals surface area (Å²) in [5.74, 6) is 0. The quantitative estimate of drug-likeness (QED) is 0.584. The molecule has 0 aliphatic carbocycles. The number of rotatable bonds is 5. The molecule has 9 heavy (non-hydrogen) atoms. The average molecular weight is 130 g/mol. The van der Waals surface area contributed by atoms with Crippen LogP contribution in [0.4, 0.5) is 0 Å². The molecule has 1 N–H and O–H groups in total. The van der Waals surface area contributed by atoms with E-state index in [0.717, 1.165) is 13.1 Å². The topological polar surface area (TPSA) is 15.3 Å². The molecule has 0 atom stereocenters. The van der Waals surface area contributed by atoms with Crippen molar-refractivity contribution in [2.45, 2.75) is 13.3 Å². The van der Waals surface area contributed by atoms with Crippen LogP contribution < -0.4 is 5.32 Å². The molecule has 0 aliphatic heterocycles. The molecule has 0 aromatic carbocycles. The third-order valence-corrected chi connectivity index (χ3v) is 1.35. The van der Waals surface area contributed by atoms with Crippen molar-refractivity contribution >= 4 is 0 Å². The summed E-state index contributed by atoms with van der Waals surface area (Å²) in [4.78, 5) is 2.33. The van der Waals surface area contributed by atoms with Gasteiger partial charge in [-0.3, -0.25) is 0 Å². The molecule has 0 saturated heterocycles. The molecule has 0 aromatic rings. The van der Waals surface area contributed by atoms with Gasteiger partial charge in [0.05, 0.1) is 0 Å². The highest BCUT2D eigenvalue weighted by atomic mass is 15.1. The van der Waals surface area contributed by atoms with Crippen molar-refractivity contribution < 1.29 is 0 Å². The van der Waals surface area contributed by atoms with E-state index in [-0.39, 0.29) is 0 Å². The van der Waals surface area contributed by atoms with Crippen molar-refractivity contribution in [2.75, 3.05) is 33.7 Å². The van der Waals surface area contributed by atoms with Crippen molar-refractivity contribution in [3.05, 3.63) is 0 Å². The van der Waals surface area contributed by atoms with E-state index in [1.54, 1.807) is 0 Å². The second kappa shape index (κ2) is 6.05. The summed E-state index contributed by atoms with van der Waals surface area (Å²) in [6.45, 7) is 5.67. The van der Waals surface area contributed by atoms with Crippen molar-refractivity contribution in [1.29, 1.82) is 0 Å². The Morgan fingerprint density at radius 3 is 2.44 bits per heavy atom. The number of hydrogen-bond donors (Lipinski definition) is 1. The van der Waals surface area contributed by atoms with E-state index in [1.807, 2.05) is 7.05 Å². The molecule has 0 fully saturated rings. The Balaban J connectivity index is 2.95. The molecular formula is C7H18N2. The van der Waals surface area contributed by atoms with Gasteiger partial charge >= 0.3 is 0 Å². The predicted molar refractivity (Wildman–Crippen MR) is 41.7 cm³/mol. The maximum Gasteiger partial charge on any atom is 0.0104 e. The summed E-state index contributed by atoms with van der Waals surface area (Å²) in [7, 11) is 4.14. The van der Waals surface area contributed by atoms with Crippen LogP contribution in [0.3, 0.4) is 0 Å². The summed E-state index contributed by atoms with van der Waals surface area (Å²) < 4.78 is 0. The molecule has 0 aromatic heterocycles. The molecule has 0 rings (SSSR count). The molecule has 2 nitrogen and oxygen atoms in total. The minimum atomic E-state index is 1.09. The van der Waals surface area contributed by atoms with Gasteiger partial charge in [0, 0.05) is 13.1 Å². The zero-order valence-corrected chi connectivity index (χ0v) is 6.78. The highest BCUT2D eigenvalue weighted by molar-refractivity contribution is 4.50. The highest BCUT2D eigenvalue weighted by Gasteiger charge is 1.91. The van der Waals surface area contributed by atoms with Crippen LogP contribution in [-0.2, 0) is 0 Å². The van der Waals surface area contributed by atoms with Gasteiger partial charge in [0.15, 0.2) is 0 Å². The fourth-order valence-electron chi connectivity index (χ4n) is 0.796. The van der Waals surface area contributed by atoms with Crippen LogP contribution in [0.15, 0.2) is 0 Å². The van der Waals surface area contributed by atoms with E-state index < -0.39 is 0 Å². The number of likely N-dealkylation sites (N-methyl/N-ethyl adjacent to an activating group) is 2. The lowest BCUT2D eigenvalue weighted by molar-refractivity contribution is 0.336. The maximum absolute atomic E-state index is 3.12. The number of nitrogens with one attached hydrogen (secondary N) is 1. The van der Waals surface area contributed by atoms with Crippen molar-refractivity contribution in [3.63, 3.8) is 0 Å². The minimum absolute atomic E-state index is 1.09. The van der Waals surface area contributed by atoms with E-state index >= 15 is 0 Å². The predicted octanol–water partition coefficient (Wildman–Crippen LogP) is 0.548. The summed E-state index contributed by atoms with van der Waals surface area (Å²) in [5, 5.41) is 3.12. The van der Waals surface area contributed by atoms with Crippen molar-refractivity contribution in [3.8, 4) is 0 Å². The largest absolute Gasteiger partial charge is 0.318 e. The lowest BCUT2D eigenvalue weighted by Gasteiger charge is -2.13.